The second-order valence-electron chi connectivity index (χ2n) is 5.24. The average Bonchev–Trinajstić information content (AvgIpc) is 2.88. The molecule has 0 aliphatic carbocycles. The lowest BCUT2D eigenvalue weighted by atomic mass is 10.2. The first-order valence-corrected chi connectivity index (χ1v) is 7.73. The molecule has 0 unspecified atom stereocenters. The van der Waals surface area contributed by atoms with Crippen molar-refractivity contribution in [1.82, 2.24) is 9.55 Å². The number of rotatable bonds is 8. The fraction of sp³-hybridized carbons (Fsp3) is 0.529. The van der Waals surface area contributed by atoms with Gasteiger partial charge in [0.15, 0.2) is 11.5 Å². The van der Waals surface area contributed by atoms with Gasteiger partial charge < -0.3 is 14.0 Å². The van der Waals surface area contributed by atoms with Crippen LogP contribution in [-0.2, 0) is 13.0 Å². The van der Waals surface area contributed by atoms with Gasteiger partial charge in [-0.3, -0.25) is 0 Å². The van der Waals surface area contributed by atoms with Crippen LogP contribution in [0.25, 0.3) is 11.0 Å². The Morgan fingerprint density at radius 1 is 1.18 bits per heavy atom. The van der Waals surface area contributed by atoms with Crippen molar-refractivity contribution in [3.63, 3.8) is 0 Å². The molecule has 0 radical (unpaired) electrons. The van der Waals surface area contributed by atoms with Crippen LogP contribution in [0, 0.1) is 11.3 Å². The summed E-state index contributed by atoms with van der Waals surface area (Å²) in [7, 11) is 3.27. The monoisotopic (exact) mass is 301 g/mol. The van der Waals surface area contributed by atoms with Gasteiger partial charge in [-0.2, -0.15) is 5.26 Å². The summed E-state index contributed by atoms with van der Waals surface area (Å²) in [5, 5.41) is 8.76. The molecule has 0 saturated heterocycles. The second kappa shape index (κ2) is 7.69. The Labute approximate surface area is 131 Å². The summed E-state index contributed by atoms with van der Waals surface area (Å²) >= 11 is 0. The third-order valence-electron chi connectivity index (χ3n) is 3.76. The van der Waals surface area contributed by atoms with Gasteiger partial charge in [-0.15, -0.1) is 0 Å². The first-order chi connectivity index (χ1) is 10.7. The smallest absolute Gasteiger partial charge is 0.163 e. The van der Waals surface area contributed by atoms with Crippen molar-refractivity contribution >= 4 is 11.0 Å². The molecule has 22 heavy (non-hydrogen) atoms. The van der Waals surface area contributed by atoms with Crippen LogP contribution in [0.5, 0.6) is 11.5 Å². The minimum absolute atomic E-state index is 0.556. The van der Waals surface area contributed by atoms with Crippen molar-refractivity contribution in [3.05, 3.63) is 18.0 Å². The molecular weight excluding hydrogens is 278 g/mol. The van der Waals surface area contributed by atoms with E-state index in [2.05, 4.69) is 17.6 Å². The Morgan fingerprint density at radius 2 is 1.91 bits per heavy atom. The fourth-order valence-corrected chi connectivity index (χ4v) is 2.59. The van der Waals surface area contributed by atoms with Crippen LogP contribution < -0.4 is 9.47 Å². The van der Waals surface area contributed by atoms with Crippen LogP contribution in [0.15, 0.2) is 12.1 Å². The Kier molecular flexibility index (Phi) is 5.65. The predicted molar refractivity (Wildman–Crippen MR) is 86.3 cm³/mol. The number of aryl methyl sites for hydroxylation is 2. The minimum Gasteiger partial charge on any atom is -0.493 e. The molecule has 0 aliphatic heterocycles. The number of benzene rings is 1. The maximum Gasteiger partial charge on any atom is 0.163 e. The largest absolute Gasteiger partial charge is 0.493 e. The molecule has 0 fully saturated rings. The van der Waals surface area contributed by atoms with Gasteiger partial charge in [-0.25, -0.2) is 4.98 Å². The highest BCUT2D eigenvalue weighted by Crippen LogP contribution is 2.32. The van der Waals surface area contributed by atoms with E-state index < -0.39 is 0 Å². The van der Waals surface area contributed by atoms with E-state index in [9.17, 15) is 0 Å². The van der Waals surface area contributed by atoms with E-state index in [1.54, 1.807) is 14.2 Å². The Hall–Kier alpha value is -2.22. The van der Waals surface area contributed by atoms with E-state index in [1.165, 1.54) is 0 Å². The van der Waals surface area contributed by atoms with E-state index in [0.717, 1.165) is 49.1 Å². The number of nitriles is 1. The number of hydrogen-bond acceptors (Lipinski definition) is 4. The number of fused-ring (bicyclic) bond motifs is 1. The summed E-state index contributed by atoms with van der Waals surface area (Å²) in [6.07, 6.45) is 4.57. The molecular formula is C17H23N3O2. The first kappa shape index (κ1) is 16.2. The van der Waals surface area contributed by atoms with E-state index in [0.29, 0.717) is 17.9 Å². The third kappa shape index (κ3) is 3.33. The zero-order chi connectivity index (χ0) is 15.9. The van der Waals surface area contributed by atoms with Crippen molar-refractivity contribution < 1.29 is 9.47 Å². The topological polar surface area (TPSA) is 60.1 Å². The molecule has 2 aromatic rings. The highest BCUT2D eigenvalue weighted by molar-refractivity contribution is 5.80. The summed E-state index contributed by atoms with van der Waals surface area (Å²) in [6.45, 7) is 2.98. The van der Waals surface area contributed by atoms with Crippen LogP contribution in [0.3, 0.4) is 0 Å². The van der Waals surface area contributed by atoms with Crippen LogP contribution in [0.1, 0.15) is 38.4 Å². The highest BCUT2D eigenvalue weighted by atomic mass is 16.5. The Bertz CT molecular complexity index is 671. The van der Waals surface area contributed by atoms with Gasteiger partial charge in [0.1, 0.15) is 5.82 Å². The van der Waals surface area contributed by atoms with Crippen molar-refractivity contribution in [1.29, 1.82) is 5.26 Å². The molecule has 0 aliphatic rings. The summed E-state index contributed by atoms with van der Waals surface area (Å²) in [5.74, 6) is 2.47. The standard InChI is InChI=1S/C17H23N3O2/c1-4-5-8-17-19-13-11-15(21-2)16(22-3)12-14(13)20(17)10-7-6-9-18/h11-12H,4-8,10H2,1-3H3. The fourth-order valence-electron chi connectivity index (χ4n) is 2.59. The van der Waals surface area contributed by atoms with E-state index in [4.69, 9.17) is 19.7 Å². The number of imidazole rings is 1. The van der Waals surface area contributed by atoms with Crippen molar-refractivity contribution in [3.8, 4) is 17.6 Å². The molecule has 118 valence electrons. The molecule has 0 atom stereocenters. The van der Waals surface area contributed by atoms with Gasteiger partial charge in [-0.05, 0) is 12.8 Å². The third-order valence-corrected chi connectivity index (χ3v) is 3.76. The maximum atomic E-state index is 8.76. The van der Waals surface area contributed by atoms with Crippen LogP contribution in [0.4, 0.5) is 0 Å². The molecule has 0 bridgehead atoms. The van der Waals surface area contributed by atoms with Crippen LogP contribution >= 0.6 is 0 Å². The highest BCUT2D eigenvalue weighted by Gasteiger charge is 2.14. The lowest BCUT2D eigenvalue weighted by molar-refractivity contribution is 0.355. The van der Waals surface area contributed by atoms with Gasteiger partial charge in [0, 0.05) is 31.5 Å². The molecule has 2 rings (SSSR count). The summed E-state index contributed by atoms with van der Waals surface area (Å²) < 4.78 is 13.0. The Morgan fingerprint density at radius 3 is 2.55 bits per heavy atom. The molecule has 1 heterocycles. The summed E-state index contributed by atoms with van der Waals surface area (Å²) in [4.78, 5) is 4.76. The van der Waals surface area contributed by atoms with Crippen molar-refractivity contribution in [2.45, 2.75) is 45.6 Å². The molecule has 0 N–H and O–H groups in total. The zero-order valence-electron chi connectivity index (χ0n) is 13.6. The molecule has 5 nitrogen and oxygen atoms in total. The van der Waals surface area contributed by atoms with Crippen molar-refractivity contribution in [2.75, 3.05) is 14.2 Å². The normalized spacial score (nSPS) is 10.6. The van der Waals surface area contributed by atoms with Crippen LogP contribution in [-0.4, -0.2) is 23.8 Å². The number of hydrogen-bond donors (Lipinski definition) is 0. The number of unbranched alkanes of at least 4 members (excludes halogenated alkanes) is 2. The number of nitrogens with zero attached hydrogens (tertiary/aromatic N) is 3. The SMILES string of the molecule is CCCCc1nc2cc(OC)c(OC)cc2n1CCCC#N. The average molecular weight is 301 g/mol. The lowest BCUT2D eigenvalue weighted by Gasteiger charge is -2.10. The van der Waals surface area contributed by atoms with E-state index in [-0.39, 0.29) is 0 Å². The minimum atomic E-state index is 0.556. The number of aromatic nitrogens is 2. The summed E-state index contributed by atoms with van der Waals surface area (Å²) in [6, 6.07) is 6.10. The Balaban J connectivity index is 2.47. The zero-order valence-corrected chi connectivity index (χ0v) is 13.6. The summed E-state index contributed by atoms with van der Waals surface area (Å²) in [5.41, 5.74) is 1.96. The molecule has 0 amide bonds. The van der Waals surface area contributed by atoms with Gasteiger partial charge in [0.25, 0.3) is 0 Å². The number of methoxy groups -OCH3 is 2. The lowest BCUT2D eigenvalue weighted by Crippen LogP contribution is -2.04. The van der Waals surface area contributed by atoms with Gasteiger partial charge in [-0.1, -0.05) is 13.3 Å². The quantitative estimate of drug-likeness (QED) is 0.697. The molecule has 0 spiro atoms. The molecule has 0 saturated carbocycles. The molecule has 1 aromatic heterocycles. The maximum absolute atomic E-state index is 8.76. The first-order valence-electron chi connectivity index (χ1n) is 7.73. The molecule has 1 aromatic carbocycles. The second-order valence-corrected chi connectivity index (χ2v) is 5.24. The van der Waals surface area contributed by atoms with Crippen molar-refractivity contribution in [2.24, 2.45) is 0 Å². The van der Waals surface area contributed by atoms with Gasteiger partial charge in [0.05, 0.1) is 31.3 Å². The number of ether oxygens (including phenoxy) is 2. The van der Waals surface area contributed by atoms with Crippen LogP contribution in [0.2, 0.25) is 0 Å². The predicted octanol–water partition coefficient (Wildman–Crippen LogP) is 3.70. The molecule has 5 heteroatoms. The van der Waals surface area contributed by atoms with Gasteiger partial charge >= 0.3 is 0 Å². The van der Waals surface area contributed by atoms with E-state index >= 15 is 0 Å². The van der Waals surface area contributed by atoms with Gasteiger partial charge in [0.2, 0.25) is 0 Å². The van der Waals surface area contributed by atoms with E-state index in [1.807, 2.05) is 12.1 Å².